The zero-order valence-corrected chi connectivity index (χ0v) is 16.4. The second-order valence-electron chi connectivity index (χ2n) is 6.79. The number of anilines is 3. The Morgan fingerprint density at radius 1 is 0.967 bits per heavy atom. The van der Waals surface area contributed by atoms with E-state index in [9.17, 15) is 10.1 Å². The molecule has 2 heterocycles. The quantitative estimate of drug-likeness (QED) is 0.344. The molecule has 0 spiro atoms. The van der Waals surface area contributed by atoms with Crippen molar-refractivity contribution in [3.63, 3.8) is 0 Å². The Kier molecular flexibility index (Phi) is 5.47. The van der Waals surface area contributed by atoms with Crippen molar-refractivity contribution < 1.29 is 4.92 Å². The minimum atomic E-state index is -0.472. The molecule has 0 atom stereocenters. The Morgan fingerprint density at radius 3 is 2.57 bits per heavy atom. The summed E-state index contributed by atoms with van der Waals surface area (Å²) in [6.45, 7) is 2.43. The maximum Gasteiger partial charge on any atom is 0.353 e. The summed E-state index contributed by atoms with van der Waals surface area (Å²) in [5, 5.41) is 18.8. The van der Waals surface area contributed by atoms with Gasteiger partial charge in [0.15, 0.2) is 0 Å². The van der Waals surface area contributed by atoms with E-state index >= 15 is 0 Å². The summed E-state index contributed by atoms with van der Waals surface area (Å²) < 4.78 is 0. The number of aromatic nitrogens is 3. The van der Waals surface area contributed by atoms with Crippen molar-refractivity contribution in [1.29, 1.82) is 0 Å². The molecule has 30 heavy (non-hydrogen) atoms. The van der Waals surface area contributed by atoms with E-state index < -0.39 is 4.92 Å². The van der Waals surface area contributed by atoms with Crippen LogP contribution in [-0.4, -0.2) is 26.4 Å². The van der Waals surface area contributed by atoms with Gasteiger partial charge in [0.05, 0.1) is 10.4 Å². The molecule has 0 radical (unpaired) electrons. The first-order chi connectivity index (χ1) is 14.6. The van der Waals surface area contributed by atoms with Crippen molar-refractivity contribution in [2.24, 2.45) is 0 Å². The highest BCUT2D eigenvalue weighted by atomic mass is 16.6. The molecule has 4 rings (SSSR count). The molecule has 8 heteroatoms. The smallest absolute Gasteiger partial charge is 0.353 e. The lowest BCUT2D eigenvalue weighted by Crippen LogP contribution is -2.10. The van der Waals surface area contributed by atoms with E-state index in [1.54, 1.807) is 0 Å². The van der Waals surface area contributed by atoms with Gasteiger partial charge in [-0.05, 0) is 43.2 Å². The van der Waals surface area contributed by atoms with Crippen LogP contribution in [0.4, 0.5) is 23.0 Å². The fraction of sp³-hybridized carbons (Fsp3) is 0.136. The topological polar surface area (TPSA) is 106 Å². The molecule has 0 aliphatic rings. The Labute approximate surface area is 173 Å². The van der Waals surface area contributed by atoms with Crippen molar-refractivity contribution in [1.82, 2.24) is 15.0 Å². The number of nitrogens with zero attached hydrogens (tertiary/aromatic N) is 4. The summed E-state index contributed by atoms with van der Waals surface area (Å²) in [6, 6.07) is 19.3. The van der Waals surface area contributed by atoms with Gasteiger partial charge in [-0.15, -0.1) is 0 Å². The molecule has 2 N–H and O–H groups in total. The van der Waals surface area contributed by atoms with E-state index in [1.807, 2.05) is 67.6 Å². The first-order valence-corrected chi connectivity index (χ1v) is 9.52. The lowest BCUT2D eigenvalue weighted by molar-refractivity contribution is -0.383. The highest BCUT2D eigenvalue weighted by molar-refractivity contribution is 5.94. The third-order valence-corrected chi connectivity index (χ3v) is 4.68. The zero-order chi connectivity index (χ0) is 20.9. The number of nitro groups is 1. The number of benzene rings is 2. The van der Waals surface area contributed by atoms with Crippen LogP contribution in [-0.2, 0) is 6.42 Å². The number of pyridine rings is 1. The molecule has 8 nitrogen and oxygen atoms in total. The predicted molar refractivity (Wildman–Crippen MR) is 117 cm³/mol. The van der Waals surface area contributed by atoms with Crippen LogP contribution < -0.4 is 10.6 Å². The maximum absolute atomic E-state index is 11.8. The van der Waals surface area contributed by atoms with Gasteiger partial charge in [-0.1, -0.05) is 36.4 Å². The lowest BCUT2D eigenvalue weighted by Gasteiger charge is -2.12. The van der Waals surface area contributed by atoms with E-state index in [1.165, 1.54) is 6.33 Å². The molecule has 0 saturated heterocycles. The molecule has 4 aromatic rings. The molecule has 150 valence electrons. The summed E-state index contributed by atoms with van der Waals surface area (Å²) >= 11 is 0. The van der Waals surface area contributed by atoms with Gasteiger partial charge in [-0.2, -0.15) is 0 Å². The van der Waals surface area contributed by atoms with Crippen LogP contribution in [0.2, 0.25) is 0 Å². The second-order valence-corrected chi connectivity index (χ2v) is 6.79. The van der Waals surface area contributed by atoms with Gasteiger partial charge in [-0.25, -0.2) is 9.97 Å². The van der Waals surface area contributed by atoms with Crippen LogP contribution in [0.1, 0.15) is 11.3 Å². The molecule has 0 amide bonds. The van der Waals surface area contributed by atoms with Crippen LogP contribution in [0.3, 0.4) is 0 Å². The minimum absolute atomic E-state index is 0.130. The fourth-order valence-electron chi connectivity index (χ4n) is 3.24. The van der Waals surface area contributed by atoms with Crippen LogP contribution in [0, 0.1) is 17.0 Å². The van der Waals surface area contributed by atoms with E-state index in [0.717, 1.165) is 28.6 Å². The number of nitrogens with one attached hydrogen (secondary N) is 2. The molecule has 0 bridgehead atoms. The van der Waals surface area contributed by atoms with Crippen molar-refractivity contribution >= 4 is 33.9 Å². The predicted octanol–water partition coefficient (Wildman–Crippen LogP) is 4.64. The van der Waals surface area contributed by atoms with Crippen LogP contribution in [0.15, 0.2) is 67.0 Å². The Hall–Kier alpha value is -4.07. The van der Waals surface area contributed by atoms with Crippen molar-refractivity contribution in [3.05, 3.63) is 88.4 Å². The van der Waals surface area contributed by atoms with Gasteiger partial charge >= 0.3 is 5.69 Å². The molecule has 2 aromatic carbocycles. The van der Waals surface area contributed by atoms with Crippen LogP contribution in [0.5, 0.6) is 0 Å². The van der Waals surface area contributed by atoms with E-state index in [-0.39, 0.29) is 17.3 Å². The van der Waals surface area contributed by atoms with Gasteiger partial charge in [-0.3, -0.25) is 15.1 Å². The lowest BCUT2D eigenvalue weighted by atomic mass is 10.1. The molecule has 0 unspecified atom stereocenters. The largest absolute Gasteiger partial charge is 0.364 e. The van der Waals surface area contributed by atoms with Crippen molar-refractivity contribution in [2.75, 3.05) is 17.2 Å². The summed E-state index contributed by atoms with van der Waals surface area (Å²) in [5.41, 5.74) is 3.34. The van der Waals surface area contributed by atoms with Gasteiger partial charge in [0.25, 0.3) is 0 Å². The van der Waals surface area contributed by atoms with Gasteiger partial charge in [0.1, 0.15) is 6.33 Å². The first kappa shape index (κ1) is 19.3. The van der Waals surface area contributed by atoms with E-state index in [4.69, 9.17) is 0 Å². The highest BCUT2D eigenvalue weighted by Crippen LogP contribution is 2.33. The third kappa shape index (κ3) is 4.17. The number of hydrogen-bond acceptors (Lipinski definition) is 7. The number of rotatable bonds is 7. The number of aryl methyl sites for hydroxylation is 1. The van der Waals surface area contributed by atoms with Crippen molar-refractivity contribution in [2.45, 2.75) is 13.3 Å². The third-order valence-electron chi connectivity index (χ3n) is 4.68. The minimum Gasteiger partial charge on any atom is -0.364 e. The van der Waals surface area contributed by atoms with Crippen LogP contribution in [0.25, 0.3) is 10.9 Å². The number of hydrogen-bond donors (Lipinski definition) is 2. The molecule has 2 aromatic heterocycles. The van der Waals surface area contributed by atoms with Crippen LogP contribution >= 0.6 is 0 Å². The zero-order valence-electron chi connectivity index (χ0n) is 16.4. The molecule has 0 aliphatic heterocycles. The maximum atomic E-state index is 11.8. The monoisotopic (exact) mass is 400 g/mol. The molecular weight excluding hydrogens is 380 g/mol. The average molecular weight is 400 g/mol. The van der Waals surface area contributed by atoms with Gasteiger partial charge in [0, 0.05) is 23.3 Å². The standard InChI is InChI=1S/C22H20N6O2/c1-15-10-11-17-18(26-15)8-5-9-19(17)27-22-20(28(29)30)21(24-14-25-22)23-13-12-16-6-3-2-4-7-16/h2-11,14H,12-13H2,1H3,(H2,23,24,25,27). The summed E-state index contributed by atoms with van der Waals surface area (Å²) in [7, 11) is 0. The SMILES string of the molecule is Cc1ccc2c(Nc3ncnc(NCCc4ccccc4)c3[N+](=O)[O-])cccc2n1. The first-order valence-electron chi connectivity index (χ1n) is 9.52. The van der Waals surface area contributed by atoms with E-state index in [0.29, 0.717) is 12.2 Å². The highest BCUT2D eigenvalue weighted by Gasteiger charge is 2.23. The fourth-order valence-corrected chi connectivity index (χ4v) is 3.24. The molecule has 0 aliphatic carbocycles. The normalized spacial score (nSPS) is 10.7. The van der Waals surface area contributed by atoms with E-state index in [2.05, 4.69) is 25.6 Å². The molecule has 0 saturated carbocycles. The van der Waals surface area contributed by atoms with Gasteiger partial charge in [0.2, 0.25) is 11.6 Å². The van der Waals surface area contributed by atoms with Crippen molar-refractivity contribution in [3.8, 4) is 0 Å². The average Bonchev–Trinajstić information content (AvgIpc) is 2.74. The summed E-state index contributed by atoms with van der Waals surface area (Å²) in [5.74, 6) is 0.313. The Bertz CT molecular complexity index is 1200. The number of fused-ring (bicyclic) bond motifs is 1. The Balaban J connectivity index is 1.61. The van der Waals surface area contributed by atoms with Gasteiger partial charge < -0.3 is 10.6 Å². The Morgan fingerprint density at radius 2 is 1.77 bits per heavy atom. The molecule has 0 fully saturated rings. The molecular formula is C22H20N6O2. The second kappa shape index (κ2) is 8.52. The summed E-state index contributed by atoms with van der Waals surface area (Å²) in [6.07, 6.45) is 2.03. The summed E-state index contributed by atoms with van der Waals surface area (Å²) in [4.78, 5) is 24.1.